The molecule has 2 rings (SSSR count). The second-order valence-corrected chi connectivity index (χ2v) is 6.40. The second-order valence-electron chi connectivity index (χ2n) is 5.48. The van der Waals surface area contributed by atoms with E-state index in [4.69, 9.17) is 17.0 Å². The number of aliphatic hydroxyl groups is 1. The zero-order valence-electron chi connectivity index (χ0n) is 14.1. The number of nitrogens with zero attached hydrogens (tertiary/aromatic N) is 1. The summed E-state index contributed by atoms with van der Waals surface area (Å²) >= 11 is 3.05. The molecule has 0 aliphatic rings. The van der Waals surface area contributed by atoms with Crippen LogP contribution in [0.3, 0.4) is 0 Å². The molecule has 11 heteroatoms. The number of pyridine rings is 1. The third kappa shape index (κ3) is 5.45. The number of alkyl halides is 2. The lowest BCUT2D eigenvalue weighted by molar-refractivity contribution is -0.196. The fourth-order valence-corrected chi connectivity index (χ4v) is 2.36. The van der Waals surface area contributed by atoms with Gasteiger partial charge in [0.1, 0.15) is 17.3 Å². The minimum Gasteiger partial charge on any atom is -0.388 e. The first-order valence-electron chi connectivity index (χ1n) is 7.37. The van der Waals surface area contributed by atoms with E-state index in [0.717, 1.165) is 24.4 Å². The van der Waals surface area contributed by atoms with Crippen LogP contribution in [-0.2, 0) is 11.5 Å². The van der Waals surface area contributed by atoms with Gasteiger partial charge in [-0.25, -0.2) is 8.78 Å². The third-order valence-corrected chi connectivity index (χ3v) is 3.77. The van der Waals surface area contributed by atoms with Gasteiger partial charge < -0.3 is 10.8 Å². The van der Waals surface area contributed by atoms with Gasteiger partial charge in [-0.1, -0.05) is 6.07 Å². The lowest BCUT2D eigenvalue weighted by Gasteiger charge is -2.35. The molecular formula is C16H18BrF4N5O. The summed E-state index contributed by atoms with van der Waals surface area (Å²) in [5.74, 6) is -1.05. The Morgan fingerprint density at radius 1 is 1.30 bits per heavy atom. The molecule has 0 saturated carbocycles. The number of nitrogens with two attached hydrogens (primary N) is 2. The number of hydrogen-bond donors (Lipinski definition) is 5. The molecule has 27 heavy (non-hydrogen) atoms. The third-order valence-electron chi connectivity index (χ3n) is 3.30. The van der Waals surface area contributed by atoms with Crippen molar-refractivity contribution in [3.63, 3.8) is 0 Å². The van der Waals surface area contributed by atoms with Gasteiger partial charge >= 0.3 is 5.92 Å². The van der Waals surface area contributed by atoms with Crippen molar-refractivity contribution in [2.24, 2.45) is 11.6 Å². The molecule has 1 aromatic carbocycles. The molecule has 1 unspecified atom stereocenters. The van der Waals surface area contributed by atoms with Gasteiger partial charge in [0.25, 0.3) is 0 Å². The van der Waals surface area contributed by atoms with Crippen LogP contribution in [0.25, 0.3) is 0 Å². The molecule has 0 aliphatic carbocycles. The number of hydrazine groups is 1. The highest BCUT2D eigenvalue weighted by Crippen LogP contribution is 2.45. The van der Waals surface area contributed by atoms with Gasteiger partial charge in [-0.3, -0.25) is 21.7 Å². The number of amidine groups is 1. The van der Waals surface area contributed by atoms with Crippen molar-refractivity contribution in [1.29, 1.82) is 5.41 Å². The van der Waals surface area contributed by atoms with Gasteiger partial charge in [-0.05, 0) is 41.1 Å². The predicted molar refractivity (Wildman–Crippen MR) is 95.9 cm³/mol. The van der Waals surface area contributed by atoms with Crippen LogP contribution in [0.5, 0.6) is 0 Å². The molecule has 2 aromatic rings. The summed E-state index contributed by atoms with van der Waals surface area (Å²) in [7, 11) is 0. The lowest BCUT2D eigenvalue weighted by atomic mass is 9.84. The summed E-state index contributed by atoms with van der Waals surface area (Å²) < 4.78 is 57.0. The van der Waals surface area contributed by atoms with Crippen molar-refractivity contribution in [3.8, 4) is 0 Å². The monoisotopic (exact) mass is 451 g/mol. The van der Waals surface area contributed by atoms with E-state index in [0.29, 0.717) is 10.5 Å². The normalized spacial score (nSPS) is 13.3. The maximum Gasteiger partial charge on any atom is 0.323 e. The van der Waals surface area contributed by atoms with Crippen LogP contribution in [-0.4, -0.2) is 22.5 Å². The summed E-state index contributed by atoms with van der Waals surface area (Å²) in [5, 5.41) is 16.8. The topological polar surface area (TPSA) is 121 Å². The molecule has 0 aliphatic heterocycles. The minimum atomic E-state index is -4.00. The van der Waals surface area contributed by atoms with Crippen molar-refractivity contribution in [1.82, 2.24) is 10.4 Å². The van der Waals surface area contributed by atoms with Crippen LogP contribution in [0, 0.1) is 17.0 Å². The summed E-state index contributed by atoms with van der Waals surface area (Å²) in [6.45, 7) is 0.639. The Labute approximate surface area is 161 Å². The van der Waals surface area contributed by atoms with Crippen molar-refractivity contribution in [3.05, 3.63) is 63.9 Å². The van der Waals surface area contributed by atoms with Crippen molar-refractivity contribution < 1.29 is 22.7 Å². The van der Waals surface area contributed by atoms with E-state index in [1.165, 1.54) is 13.0 Å². The largest absolute Gasteiger partial charge is 0.388 e. The SMILES string of the molecule is CC(=N)N.NNCC(O)(c1ccc(F)cc1F)C(F)(F)c1ccc(Br)cn1. The average Bonchev–Trinajstić information content (AvgIpc) is 2.54. The van der Waals surface area contributed by atoms with E-state index < -0.39 is 41.0 Å². The maximum absolute atomic E-state index is 14.8. The molecule has 0 fully saturated rings. The number of halogens is 5. The Balaban J connectivity index is 0.000000828. The second kappa shape index (κ2) is 9.22. The lowest BCUT2D eigenvalue weighted by Crippen LogP contribution is -2.52. The fourth-order valence-electron chi connectivity index (χ4n) is 2.12. The molecule has 0 saturated heterocycles. The van der Waals surface area contributed by atoms with Crippen LogP contribution in [0.2, 0.25) is 0 Å². The molecule has 0 bridgehead atoms. The fraction of sp³-hybridized carbons (Fsp3) is 0.250. The molecule has 1 atom stereocenters. The molecule has 0 radical (unpaired) electrons. The van der Waals surface area contributed by atoms with Gasteiger partial charge in [-0.2, -0.15) is 8.78 Å². The Bertz CT molecular complexity index is 787. The molecular weight excluding hydrogens is 434 g/mol. The van der Waals surface area contributed by atoms with E-state index in [2.05, 4.69) is 20.9 Å². The Morgan fingerprint density at radius 2 is 1.89 bits per heavy atom. The van der Waals surface area contributed by atoms with Crippen LogP contribution in [0.4, 0.5) is 17.6 Å². The number of hydrogen-bond acceptors (Lipinski definition) is 5. The number of nitrogens with one attached hydrogen (secondary N) is 2. The molecule has 6 nitrogen and oxygen atoms in total. The van der Waals surface area contributed by atoms with Crippen LogP contribution in [0.15, 0.2) is 41.0 Å². The maximum atomic E-state index is 14.8. The molecule has 7 N–H and O–H groups in total. The molecule has 148 valence electrons. The van der Waals surface area contributed by atoms with Crippen molar-refractivity contribution in [2.75, 3.05) is 6.54 Å². The Hall–Kier alpha value is -2.08. The minimum absolute atomic E-state index is 0.167. The highest BCUT2D eigenvalue weighted by atomic mass is 79.9. The van der Waals surface area contributed by atoms with Crippen LogP contribution in [0.1, 0.15) is 18.2 Å². The first kappa shape index (κ1) is 23.0. The van der Waals surface area contributed by atoms with Crippen LogP contribution >= 0.6 is 15.9 Å². The highest BCUT2D eigenvalue weighted by Gasteiger charge is 2.57. The summed E-state index contributed by atoms with van der Waals surface area (Å²) in [5.41, 5.74) is 1.94. The van der Waals surface area contributed by atoms with Gasteiger partial charge in [0.2, 0.25) is 0 Å². The predicted octanol–water partition coefficient (Wildman–Crippen LogP) is 2.51. The van der Waals surface area contributed by atoms with E-state index in [1.54, 1.807) is 0 Å². The molecule has 0 amide bonds. The van der Waals surface area contributed by atoms with Gasteiger partial charge in [0, 0.05) is 28.8 Å². The van der Waals surface area contributed by atoms with E-state index in [-0.39, 0.29) is 5.84 Å². The zero-order valence-corrected chi connectivity index (χ0v) is 15.7. The quantitative estimate of drug-likeness (QED) is 0.157. The Kier molecular flexibility index (Phi) is 7.84. The van der Waals surface area contributed by atoms with Crippen molar-refractivity contribution in [2.45, 2.75) is 18.4 Å². The number of aromatic nitrogens is 1. The molecule has 1 heterocycles. The first-order valence-corrected chi connectivity index (χ1v) is 8.17. The summed E-state index contributed by atoms with van der Waals surface area (Å²) in [6.07, 6.45) is 1.11. The van der Waals surface area contributed by atoms with Gasteiger partial charge in [-0.15, -0.1) is 0 Å². The Morgan fingerprint density at radius 3 is 2.33 bits per heavy atom. The summed E-state index contributed by atoms with van der Waals surface area (Å²) in [6, 6.07) is 4.20. The highest BCUT2D eigenvalue weighted by molar-refractivity contribution is 9.10. The van der Waals surface area contributed by atoms with E-state index >= 15 is 0 Å². The van der Waals surface area contributed by atoms with Gasteiger partial charge in [0.05, 0.1) is 5.84 Å². The number of rotatable bonds is 5. The summed E-state index contributed by atoms with van der Waals surface area (Å²) in [4.78, 5) is 3.55. The molecule has 0 spiro atoms. The van der Waals surface area contributed by atoms with E-state index in [9.17, 15) is 22.7 Å². The smallest absolute Gasteiger partial charge is 0.323 e. The average molecular weight is 452 g/mol. The zero-order chi connectivity index (χ0) is 20.8. The van der Waals surface area contributed by atoms with Gasteiger partial charge in [0.15, 0.2) is 5.60 Å². The first-order chi connectivity index (χ1) is 12.5. The van der Waals surface area contributed by atoms with Crippen LogP contribution < -0.4 is 17.0 Å². The molecule has 1 aromatic heterocycles. The van der Waals surface area contributed by atoms with Crippen molar-refractivity contribution >= 4 is 21.8 Å². The van der Waals surface area contributed by atoms with E-state index in [1.807, 2.05) is 5.43 Å². The number of benzene rings is 1. The standard InChI is InChI=1S/C14H12BrF4N3O.C2H6N2/c15-8-1-4-12(21-6-8)14(18,19)13(23,7-22-20)10-3-2-9(16)5-11(10)17;1-2(3)4/h1-6,22-23H,7,20H2;1H3,(H3,3,4).